The van der Waals surface area contributed by atoms with E-state index in [9.17, 15) is 0 Å². The van der Waals surface area contributed by atoms with Crippen LogP contribution in [0.4, 0.5) is 5.69 Å². The van der Waals surface area contributed by atoms with Crippen LogP contribution in [-0.2, 0) is 10.2 Å². The largest absolute Gasteiger partial charge is 0.384 e. The Hall–Kier alpha value is -1.02. The van der Waals surface area contributed by atoms with Gasteiger partial charge in [-0.05, 0) is 35.8 Å². The second-order valence-corrected chi connectivity index (χ2v) is 7.49. The first-order chi connectivity index (χ1) is 9.41. The first kappa shape index (κ1) is 13.9. The zero-order chi connectivity index (χ0) is 14.5. The second kappa shape index (κ2) is 4.49. The van der Waals surface area contributed by atoms with Crippen molar-refractivity contribution in [2.45, 2.75) is 45.1 Å². The third-order valence-electron chi connectivity index (χ3n) is 6.14. The highest BCUT2D eigenvalue weighted by Gasteiger charge is 2.58. The molecule has 0 amide bonds. The third-order valence-corrected chi connectivity index (χ3v) is 6.14. The van der Waals surface area contributed by atoms with Gasteiger partial charge in [0.15, 0.2) is 0 Å². The molecule has 1 saturated carbocycles. The van der Waals surface area contributed by atoms with Gasteiger partial charge in [0.2, 0.25) is 0 Å². The zero-order valence-corrected chi connectivity index (χ0v) is 13.4. The lowest BCUT2D eigenvalue weighted by Gasteiger charge is -2.53. The average Bonchev–Trinajstić information content (AvgIpc) is 2.63. The number of likely N-dealkylation sites (N-methyl/N-ethyl adjacent to an activating group) is 1. The van der Waals surface area contributed by atoms with E-state index in [-0.39, 0.29) is 5.41 Å². The molecule has 0 N–H and O–H groups in total. The van der Waals surface area contributed by atoms with Crippen LogP contribution in [-0.4, -0.2) is 26.8 Å². The maximum absolute atomic E-state index is 5.45. The smallest absolute Gasteiger partial charge is 0.0491 e. The topological polar surface area (TPSA) is 12.5 Å². The maximum atomic E-state index is 5.45. The molecule has 1 heterocycles. The predicted octanol–water partition coefficient (Wildman–Crippen LogP) is 3.85. The number of fused-ring (bicyclic) bond motifs is 3. The van der Waals surface area contributed by atoms with Crippen molar-refractivity contribution in [3.63, 3.8) is 0 Å². The summed E-state index contributed by atoms with van der Waals surface area (Å²) in [6, 6.07) is 9.56. The minimum atomic E-state index is 0.239. The standard InChI is InChI=1S/C18H27NO/c1-17(2)11-13(12-20-5)10-16-18(17,3)14-8-6-7-9-15(14)19(16)4/h6-9,13,16H,10-12H2,1-5H3/t13?,16-,18-/m1/s1. The summed E-state index contributed by atoms with van der Waals surface area (Å²) in [6.07, 6.45) is 2.48. The van der Waals surface area contributed by atoms with Crippen molar-refractivity contribution in [1.82, 2.24) is 0 Å². The molecule has 2 aliphatic rings. The van der Waals surface area contributed by atoms with Crippen molar-refractivity contribution in [1.29, 1.82) is 0 Å². The lowest BCUT2D eigenvalue weighted by atomic mass is 9.53. The van der Waals surface area contributed by atoms with Gasteiger partial charge >= 0.3 is 0 Å². The highest BCUT2D eigenvalue weighted by atomic mass is 16.5. The quantitative estimate of drug-likeness (QED) is 0.811. The molecule has 1 unspecified atom stereocenters. The van der Waals surface area contributed by atoms with E-state index in [1.807, 2.05) is 7.11 Å². The number of ether oxygens (including phenoxy) is 1. The molecule has 1 aromatic carbocycles. The number of hydrogen-bond acceptors (Lipinski definition) is 2. The Morgan fingerprint density at radius 2 is 1.95 bits per heavy atom. The van der Waals surface area contributed by atoms with Crippen LogP contribution in [0.5, 0.6) is 0 Å². The van der Waals surface area contributed by atoms with Crippen molar-refractivity contribution in [2.24, 2.45) is 11.3 Å². The summed E-state index contributed by atoms with van der Waals surface area (Å²) in [4.78, 5) is 2.51. The minimum absolute atomic E-state index is 0.239. The van der Waals surface area contributed by atoms with Crippen molar-refractivity contribution < 1.29 is 4.74 Å². The second-order valence-electron chi connectivity index (χ2n) is 7.49. The van der Waals surface area contributed by atoms with Crippen molar-refractivity contribution in [3.05, 3.63) is 29.8 Å². The molecular weight excluding hydrogens is 246 g/mol. The Balaban J connectivity index is 2.07. The summed E-state index contributed by atoms with van der Waals surface area (Å²) in [5, 5.41) is 0. The van der Waals surface area contributed by atoms with Crippen LogP contribution >= 0.6 is 0 Å². The highest BCUT2D eigenvalue weighted by molar-refractivity contribution is 5.65. The molecule has 0 bridgehead atoms. The van der Waals surface area contributed by atoms with Crippen LogP contribution in [0.2, 0.25) is 0 Å². The van der Waals surface area contributed by atoms with Gasteiger partial charge in [-0.15, -0.1) is 0 Å². The van der Waals surface area contributed by atoms with Gasteiger partial charge < -0.3 is 9.64 Å². The molecule has 1 fully saturated rings. The summed E-state index contributed by atoms with van der Waals surface area (Å²) in [5.41, 5.74) is 3.49. The van der Waals surface area contributed by atoms with Gasteiger partial charge in [-0.2, -0.15) is 0 Å². The molecule has 1 aliphatic heterocycles. The van der Waals surface area contributed by atoms with E-state index in [1.54, 1.807) is 0 Å². The summed E-state index contributed by atoms with van der Waals surface area (Å²) in [6.45, 7) is 8.25. The molecule has 20 heavy (non-hydrogen) atoms. The molecule has 0 spiro atoms. The van der Waals surface area contributed by atoms with E-state index >= 15 is 0 Å². The van der Waals surface area contributed by atoms with Gasteiger partial charge in [-0.1, -0.05) is 39.0 Å². The minimum Gasteiger partial charge on any atom is -0.384 e. The SMILES string of the molecule is COCC1C[C@H]2N(C)c3ccccc3[C@@]2(C)C(C)(C)C1. The monoisotopic (exact) mass is 273 g/mol. The molecule has 1 aliphatic carbocycles. The maximum Gasteiger partial charge on any atom is 0.0491 e. The highest BCUT2D eigenvalue weighted by Crippen LogP contribution is 2.60. The van der Waals surface area contributed by atoms with Gasteiger partial charge in [0.05, 0.1) is 0 Å². The van der Waals surface area contributed by atoms with Crippen LogP contribution in [0.1, 0.15) is 39.2 Å². The molecule has 0 saturated heterocycles. The third kappa shape index (κ3) is 1.67. The lowest BCUT2D eigenvalue weighted by molar-refractivity contribution is 0.0225. The molecule has 2 heteroatoms. The molecule has 3 atom stereocenters. The number of rotatable bonds is 2. The fourth-order valence-corrected chi connectivity index (χ4v) is 4.86. The Kier molecular flexibility index (Phi) is 3.13. The summed E-state index contributed by atoms with van der Waals surface area (Å²) in [5.74, 6) is 0.671. The van der Waals surface area contributed by atoms with E-state index in [4.69, 9.17) is 4.74 Å². The van der Waals surface area contributed by atoms with E-state index in [2.05, 4.69) is 57.0 Å². The van der Waals surface area contributed by atoms with E-state index in [0.717, 1.165) is 6.61 Å². The Morgan fingerprint density at radius 1 is 1.25 bits per heavy atom. The van der Waals surface area contributed by atoms with Gasteiger partial charge in [-0.25, -0.2) is 0 Å². The van der Waals surface area contributed by atoms with Crippen LogP contribution < -0.4 is 4.90 Å². The number of benzene rings is 1. The molecule has 1 aromatic rings. The molecule has 2 nitrogen and oxygen atoms in total. The average molecular weight is 273 g/mol. The molecule has 0 aromatic heterocycles. The number of methoxy groups -OCH3 is 1. The van der Waals surface area contributed by atoms with Gasteiger partial charge in [0.25, 0.3) is 0 Å². The summed E-state index contributed by atoms with van der Waals surface area (Å²) >= 11 is 0. The number of para-hydroxylation sites is 1. The van der Waals surface area contributed by atoms with Crippen LogP contribution in [0.25, 0.3) is 0 Å². The van der Waals surface area contributed by atoms with E-state index < -0.39 is 0 Å². The van der Waals surface area contributed by atoms with Crippen LogP contribution in [0.15, 0.2) is 24.3 Å². The van der Waals surface area contributed by atoms with E-state index in [1.165, 1.54) is 24.1 Å². The number of anilines is 1. The van der Waals surface area contributed by atoms with Gasteiger partial charge in [-0.3, -0.25) is 0 Å². The van der Waals surface area contributed by atoms with Crippen LogP contribution in [0.3, 0.4) is 0 Å². The van der Waals surface area contributed by atoms with Crippen LogP contribution in [0, 0.1) is 11.3 Å². The van der Waals surface area contributed by atoms with Gasteiger partial charge in [0.1, 0.15) is 0 Å². The summed E-state index contributed by atoms with van der Waals surface area (Å²) in [7, 11) is 4.09. The number of nitrogens with zero attached hydrogens (tertiary/aromatic N) is 1. The Bertz CT molecular complexity index is 510. The Labute approximate surface area is 123 Å². The molecule has 3 rings (SSSR count). The molecule has 0 radical (unpaired) electrons. The number of hydrogen-bond donors (Lipinski definition) is 0. The zero-order valence-electron chi connectivity index (χ0n) is 13.4. The first-order valence-corrected chi connectivity index (χ1v) is 7.73. The van der Waals surface area contributed by atoms with Gasteiger partial charge in [0, 0.05) is 37.9 Å². The first-order valence-electron chi connectivity index (χ1n) is 7.73. The Morgan fingerprint density at radius 3 is 2.65 bits per heavy atom. The van der Waals surface area contributed by atoms with Crippen molar-refractivity contribution >= 4 is 5.69 Å². The fourth-order valence-electron chi connectivity index (χ4n) is 4.86. The van der Waals surface area contributed by atoms with E-state index in [0.29, 0.717) is 17.4 Å². The van der Waals surface area contributed by atoms with Crippen molar-refractivity contribution in [3.8, 4) is 0 Å². The van der Waals surface area contributed by atoms with Crippen molar-refractivity contribution in [2.75, 3.05) is 25.7 Å². The molecular formula is C18H27NO. The fraction of sp³-hybridized carbons (Fsp3) is 0.667. The molecule has 110 valence electrons. The normalized spacial score (nSPS) is 34.8. The predicted molar refractivity (Wildman–Crippen MR) is 84.4 cm³/mol. The summed E-state index contributed by atoms with van der Waals surface area (Å²) < 4.78 is 5.45. The lowest BCUT2D eigenvalue weighted by Crippen LogP contribution is -2.56.